The Labute approximate surface area is 150 Å². The molecule has 5 nitrogen and oxygen atoms in total. The summed E-state index contributed by atoms with van der Waals surface area (Å²) in [5.74, 6) is 0.210. The van der Waals surface area contributed by atoms with Gasteiger partial charge >= 0.3 is 0 Å². The number of carbonyl (C=O) groups excluding carboxylic acids is 1. The summed E-state index contributed by atoms with van der Waals surface area (Å²) in [5.41, 5.74) is 0.956. The van der Waals surface area contributed by atoms with E-state index in [-0.39, 0.29) is 21.5 Å². The van der Waals surface area contributed by atoms with E-state index < -0.39 is 15.7 Å². The molecule has 0 bridgehead atoms. The van der Waals surface area contributed by atoms with Crippen molar-refractivity contribution in [3.8, 4) is 0 Å². The van der Waals surface area contributed by atoms with Gasteiger partial charge in [-0.1, -0.05) is 29.8 Å². The summed E-state index contributed by atoms with van der Waals surface area (Å²) < 4.78 is 29.2. The molecule has 0 aliphatic heterocycles. The van der Waals surface area contributed by atoms with Crippen molar-refractivity contribution in [3.05, 3.63) is 64.9 Å². The molecule has 2 aromatic carbocycles. The van der Waals surface area contributed by atoms with Crippen molar-refractivity contribution < 1.29 is 17.6 Å². The lowest BCUT2D eigenvalue weighted by Crippen LogP contribution is -2.26. The molecule has 0 aliphatic carbocycles. The van der Waals surface area contributed by atoms with Crippen molar-refractivity contribution in [1.82, 2.24) is 5.32 Å². The maximum Gasteiger partial charge on any atom is 0.251 e. The SMILES string of the molecule is C[C@@H](NC(=O)c1ccc(Cl)c(S(C)(=O)=O)c1)c1cc2ccccc2o1. The average molecular weight is 378 g/mol. The van der Waals surface area contributed by atoms with Gasteiger partial charge in [0.15, 0.2) is 9.84 Å². The zero-order valence-electron chi connectivity index (χ0n) is 13.6. The Morgan fingerprint density at radius 2 is 1.88 bits per heavy atom. The Bertz CT molecular complexity index is 1020. The highest BCUT2D eigenvalue weighted by Gasteiger charge is 2.19. The van der Waals surface area contributed by atoms with Gasteiger partial charge in [0, 0.05) is 17.2 Å². The largest absolute Gasteiger partial charge is 0.459 e. The predicted molar refractivity (Wildman–Crippen MR) is 96.7 cm³/mol. The lowest BCUT2D eigenvalue weighted by molar-refractivity contribution is 0.0935. The van der Waals surface area contributed by atoms with Crippen molar-refractivity contribution in [3.63, 3.8) is 0 Å². The second kappa shape index (κ2) is 6.54. The molecule has 0 saturated heterocycles. The number of hydrogen-bond acceptors (Lipinski definition) is 4. The quantitative estimate of drug-likeness (QED) is 0.746. The summed E-state index contributed by atoms with van der Waals surface area (Å²) in [6.07, 6.45) is 1.05. The average Bonchev–Trinajstić information content (AvgIpc) is 2.98. The fraction of sp³-hybridized carbons (Fsp3) is 0.167. The first-order valence-corrected chi connectivity index (χ1v) is 9.81. The third-order valence-corrected chi connectivity index (χ3v) is 5.39. The lowest BCUT2D eigenvalue weighted by atomic mass is 10.1. The van der Waals surface area contributed by atoms with Gasteiger partial charge in [0.05, 0.1) is 16.0 Å². The van der Waals surface area contributed by atoms with E-state index in [9.17, 15) is 13.2 Å². The molecule has 0 radical (unpaired) electrons. The van der Waals surface area contributed by atoms with Crippen LogP contribution in [0.25, 0.3) is 11.0 Å². The van der Waals surface area contributed by atoms with Crippen LogP contribution in [-0.2, 0) is 9.84 Å². The molecule has 0 fully saturated rings. The van der Waals surface area contributed by atoms with Crippen LogP contribution in [0.1, 0.15) is 29.1 Å². The molecule has 25 heavy (non-hydrogen) atoms. The summed E-state index contributed by atoms with van der Waals surface area (Å²) in [4.78, 5) is 12.4. The Hall–Kier alpha value is -2.31. The van der Waals surface area contributed by atoms with Gasteiger partial charge in [0.2, 0.25) is 0 Å². The number of sulfone groups is 1. The number of fused-ring (bicyclic) bond motifs is 1. The zero-order chi connectivity index (χ0) is 18.2. The minimum absolute atomic E-state index is 0.0711. The van der Waals surface area contributed by atoms with Gasteiger partial charge < -0.3 is 9.73 Å². The summed E-state index contributed by atoms with van der Waals surface area (Å²) in [7, 11) is -3.52. The molecule has 0 unspecified atom stereocenters. The van der Waals surface area contributed by atoms with E-state index >= 15 is 0 Å². The number of amides is 1. The van der Waals surface area contributed by atoms with Gasteiger partial charge in [0.25, 0.3) is 5.91 Å². The summed E-state index contributed by atoms with van der Waals surface area (Å²) >= 11 is 5.91. The van der Waals surface area contributed by atoms with Crippen molar-refractivity contribution in [2.75, 3.05) is 6.26 Å². The topological polar surface area (TPSA) is 76.4 Å². The fourth-order valence-electron chi connectivity index (χ4n) is 2.50. The van der Waals surface area contributed by atoms with Gasteiger partial charge in [-0.05, 0) is 37.3 Å². The monoisotopic (exact) mass is 377 g/mol. The molecule has 1 N–H and O–H groups in total. The Morgan fingerprint density at radius 1 is 1.16 bits per heavy atom. The molecular formula is C18H16ClNO4S. The number of hydrogen-bond donors (Lipinski definition) is 1. The molecule has 3 aromatic rings. The van der Waals surface area contributed by atoms with Gasteiger partial charge in [-0.15, -0.1) is 0 Å². The molecule has 0 aliphatic rings. The summed E-state index contributed by atoms with van der Waals surface area (Å²) in [6, 6.07) is 13.2. The smallest absolute Gasteiger partial charge is 0.251 e. The number of furan rings is 1. The van der Waals surface area contributed by atoms with Crippen LogP contribution >= 0.6 is 11.6 Å². The van der Waals surface area contributed by atoms with E-state index in [1.807, 2.05) is 30.3 Å². The molecule has 1 heterocycles. The van der Waals surface area contributed by atoms with E-state index in [0.717, 1.165) is 17.2 Å². The molecule has 0 spiro atoms. The number of para-hydroxylation sites is 1. The summed E-state index contributed by atoms with van der Waals surface area (Å²) in [6.45, 7) is 1.79. The highest BCUT2D eigenvalue weighted by molar-refractivity contribution is 7.90. The molecule has 7 heteroatoms. The normalized spacial score (nSPS) is 12.9. The maximum atomic E-state index is 12.4. The Morgan fingerprint density at radius 3 is 2.56 bits per heavy atom. The van der Waals surface area contributed by atoms with Crippen LogP contribution in [0, 0.1) is 0 Å². The fourth-order valence-corrected chi connectivity index (χ4v) is 3.80. The molecule has 0 saturated carbocycles. The van der Waals surface area contributed by atoms with E-state index in [4.69, 9.17) is 16.0 Å². The third kappa shape index (κ3) is 3.70. The number of nitrogens with one attached hydrogen (secondary N) is 1. The van der Waals surface area contributed by atoms with Crippen molar-refractivity contribution >= 4 is 38.3 Å². The molecular weight excluding hydrogens is 362 g/mol. The van der Waals surface area contributed by atoms with Gasteiger partial charge in [0.1, 0.15) is 11.3 Å². The minimum atomic E-state index is -3.52. The minimum Gasteiger partial charge on any atom is -0.459 e. The van der Waals surface area contributed by atoms with Crippen LogP contribution in [0.4, 0.5) is 0 Å². The van der Waals surface area contributed by atoms with E-state index in [2.05, 4.69) is 5.32 Å². The van der Waals surface area contributed by atoms with Crippen LogP contribution in [0.2, 0.25) is 5.02 Å². The van der Waals surface area contributed by atoms with Crippen LogP contribution < -0.4 is 5.32 Å². The lowest BCUT2D eigenvalue weighted by Gasteiger charge is -2.12. The standard InChI is InChI=1S/C18H16ClNO4S/c1-11(16-9-12-5-3-4-6-15(12)24-16)20-18(21)13-7-8-14(19)17(10-13)25(2,22)23/h3-11H,1-2H3,(H,20,21)/t11-/m1/s1. The van der Waals surface area contributed by atoms with Crippen molar-refractivity contribution in [1.29, 1.82) is 0 Å². The molecule has 1 aromatic heterocycles. The first-order valence-electron chi connectivity index (χ1n) is 7.54. The van der Waals surface area contributed by atoms with Crippen LogP contribution in [0.15, 0.2) is 57.8 Å². The number of halogens is 1. The summed E-state index contributed by atoms with van der Waals surface area (Å²) in [5, 5.41) is 3.84. The van der Waals surface area contributed by atoms with Crippen LogP contribution in [0.5, 0.6) is 0 Å². The highest BCUT2D eigenvalue weighted by Crippen LogP contribution is 2.25. The highest BCUT2D eigenvalue weighted by atomic mass is 35.5. The zero-order valence-corrected chi connectivity index (χ0v) is 15.2. The predicted octanol–water partition coefficient (Wildman–Crippen LogP) is 3.98. The molecule has 1 atom stereocenters. The Kier molecular flexibility index (Phi) is 4.58. The van der Waals surface area contributed by atoms with E-state index in [0.29, 0.717) is 5.76 Å². The van der Waals surface area contributed by atoms with Crippen LogP contribution in [0.3, 0.4) is 0 Å². The Balaban J connectivity index is 1.84. The molecule has 3 rings (SSSR count). The maximum absolute atomic E-state index is 12.4. The second-order valence-electron chi connectivity index (χ2n) is 5.80. The first-order chi connectivity index (χ1) is 11.8. The number of rotatable bonds is 4. The first kappa shape index (κ1) is 17.5. The number of benzene rings is 2. The molecule has 1 amide bonds. The van der Waals surface area contributed by atoms with Crippen molar-refractivity contribution in [2.45, 2.75) is 17.9 Å². The van der Waals surface area contributed by atoms with Gasteiger partial charge in [-0.25, -0.2) is 8.42 Å². The number of carbonyl (C=O) groups is 1. The van der Waals surface area contributed by atoms with Crippen LogP contribution in [-0.4, -0.2) is 20.6 Å². The second-order valence-corrected chi connectivity index (χ2v) is 8.19. The third-order valence-electron chi connectivity index (χ3n) is 3.81. The van der Waals surface area contributed by atoms with Gasteiger partial charge in [-0.3, -0.25) is 4.79 Å². The van der Waals surface area contributed by atoms with Crippen molar-refractivity contribution in [2.24, 2.45) is 0 Å². The van der Waals surface area contributed by atoms with E-state index in [1.165, 1.54) is 18.2 Å². The van der Waals surface area contributed by atoms with E-state index in [1.54, 1.807) is 6.92 Å². The molecule has 130 valence electrons. The van der Waals surface area contributed by atoms with Gasteiger partial charge in [-0.2, -0.15) is 0 Å².